The minimum absolute atomic E-state index is 0.428. The van der Waals surface area contributed by atoms with Gasteiger partial charge in [-0.05, 0) is 26.0 Å². The van der Waals surface area contributed by atoms with Crippen molar-refractivity contribution in [2.75, 3.05) is 0 Å². The van der Waals surface area contributed by atoms with E-state index in [0.29, 0.717) is 17.0 Å². The van der Waals surface area contributed by atoms with E-state index in [1.165, 1.54) is 4.57 Å². The molecule has 0 aliphatic carbocycles. The zero-order chi connectivity index (χ0) is 12.6. The van der Waals surface area contributed by atoms with Crippen LogP contribution in [0.5, 0.6) is 0 Å². The Kier molecular flexibility index (Phi) is 3.28. The van der Waals surface area contributed by atoms with Crippen molar-refractivity contribution < 1.29 is 8.78 Å². The third-order valence-electron chi connectivity index (χ3n) is 2.44. The molecule has 2 aromatic heterocycles. The van der Waals surface area contributed by atoms with E-state index in [2.05, 4.69) is 9.97 Å². The lowest BCUT2D eigenvalue weighted by Gasteiger charge is -2.09. The number of aryl methyl sites for hydroxylation is 1. The highest BCUT2D eigenvalue weighted by Gasteiger charge is 2.18. The average Bonchev–Trinajstić information content (AvgIpc) is 2.56. The molecule has 2 rings (SSSR count). The summed E-state index contributed by atoms with van der Waals surface area (Å²) in [5, 5.41) is -0.428. The highest BCUT2D eigenvalue weighted by atomic mass is 35.5. The molecule has 0 aliphatic heterocycles. The van der Waals surface area contributed by atoms with Crippen LogP contribution in [0.2, 0.25) is 0 Å². The van der Waals surface area contributed by atoms with Crippen LogP contribution in [-0.4, -0.2) is 21.0 Å². The zero-order valence-electron chi connectivity index (χ0n) is 9.49. The molecule has 2 aromatic rings. The Morgan fingerprint density at radius 3 is 2.65 bits per heavy atom. The standard InChI is InChI=1S/C11H12ClF2N3/c1-6-3-4-8-11(15-6)17(5-9(13)14)10(16-8)7(2)12/h3-4,7,9H,5H2,1-2H3. The molecule has 2 heterocycles. The van der Waals surface area contributed by atoms with Crippen molar-refractivity contribution in [1.82, 2.24) is 14.5 Å². The maximum absolute atomic E-state index is 12.6. The number of alkyl halides is 3. The number of rotatable bonds is 3. The third kappa shape index (κ3) is 2.39. The average molecular weight is 260 g/mol. The van der Waals surface area contributed by atoms with Crippen LogP contribution < -0.4 is 0 Å². The summed E-state index contributed by atoms with van der Waals surface area (Å²) in [6.07, 6.45) is -2.45. The van der Waals surface area contributed by atoms with Gasteiger partial charge in [0.15, 0.2) is 5.65 Å². The summed E-state index contributed by atoms with van der Waals surface area (Å²) < 4.78 is 26.5. The maximum Gasteiger partial charge on any atom is 0.256 e. The highest BCUT2D eigenvalue weighted by Crippen LogP contribution is 2.24. The number of nitrogens with zero attached hydrogens (tertiary/aromatic N) is 3. The highest BCUT2D eigenvalue weighted by molar-refractivity contribution is 6.20. The van der Waals surface area contributed by atoms with Crippen molar-refractivity contribution in [3.8, 4) is 0 Å². The normalized spacial score (nSPS) is 13.5. The summed E-state index contributed by atoms with van der Waals surface area (Å²) >= 11 is 5.95. The van der Waals surface area contributed by atoms with Crippen molar-refractivity contribution in [1.29, 1.82) is 0 Å². The molecule has 0 N–H and O–H groups in total. The van der Waals surface area contributed by atoms with Crippen LogP contribution in [-0.2, 0) is 6.54 Å². The van der Waals surface area contributed by atoms with E-state index in [1.807, 2.05) is 6.92 Å². The molecule has 6 heteroatoms. The molecule has 0 spiro atoms. The Hall–Kier alpha value is -1.23. The Balaban J connectivity index is 2.64. The van der Waals surface area contributed by atoms with Gasteiger partial charge < -0.3 is 4.57 Å². The van der Waals surface area contributed by atoms with E-state index in [1.54, 1.807) is 19.1 Å². The van der Waals surface area contributed by atoms with Crippen LogP contribution in [0, 0.1) is 6.92 Å². The maximum atomic E-state index is 12.6. The predicted molar refractivity (Wildman–Crippen MR) is 62.5 cm³/mol. The molecule has 1 unspecified atom stereocenters. The Bertz CT molecular complexity index is 537. The summed E-state index contributed by atoms with van der Waals surface area (Å²) in [5.74, 6) is 0.431. The number of hydrogen-bond donors (Lipinski definition) is 0. The van der Waals surface area contributed by atoms with Gasteiger partial charge in [-0.2, -0.15) is 0 Å². The summed E-state index contributed by atoms with van der Waals surface area (Å²) in [5.41, 5.74) is 1.83. The quantitative estimate of drug-likeness (QED) is 0.792. The van der Waals surface area contributed by atoms with E-state index >= 15 is 0 Å². The van der Waals surface area contributed by atoms with Gasteiger partial charge in [-0.1, -0.05) is 0 Å². The second kappa shape index (κ2) is 4.56. The largest absolute Gasteiger partial charge is 0.306 e. The molecule has 0 fully saturated rings. The molecule has 0 saturated heterocycles. The number of pyridine rings is 1. The van der Waals surface area contributed by atoms with E-state index in [-0.39, 0.29) is 0 Å². The van der Waals surface area contributed by atoms with E-state index in [0.717, 1.165) is 5.69 Å². The third-order valence-corrected chi connectivity index (χ3v) is 2.63. The Morgan fingerprint density at radius 1 is 1.35 bits per heavy atom. The summed E-state index contributed by atoms with van der Waals surface area (Å²) in [7, 11) is 0. The van der Waals surface area contributed by atoms with Crippen molar-refractivity contribution in [2.24, 2.45) is 0 Å². The van der Waals surface area contributed by atoms with Gasteiger partial charge in [0.1, 0.15) is 11.3 Å². The lowest BCUT2D eigenvalue weighted by molar-refractivity contribution is 0.126. The number of fused-ring (bicyclic) bond motifs is 1. The van der Waals surface area contributed by atoms with Gasteiger partial charge in [0.25, 0.3) is 6.43 Å². The molecule has 0 radical (unpaired) electrons. The van der Waals surface area contributed by atoms with Crippen molar-refractivity contribution in [3.05, 3.63) is 23.7 Å². The second-order valence-corrected chi connectivity index (χ2v) is 4.54. The van der Waals surface area contributed by atoms with Gasteiger partial charge in [-0.25, -0.2) is 18.7 Å². The first-order valence-electron chi connectivity index (χ1n) is 5.25. The molecule has 0 amide bonds. The van der Waals surface area contributed by atoms with Crippen LogP contribution in [0.3, 0.4) is 0 Å². The molecule has 0 aromatic carbocycles. The van der Waals surface area contributed by atoms with Crippen LogP contribution in [0.4, 0.5) is 8.78 Å². The molecular weight excluding hydrogens is 248 g/mol. The molecule has 1 atom stereocenters. The molecule has 0 saturated carbocycles. The van der Waals surface area contributed by atoms with Crippen LogP contribution in [0.1, 0.15) is 23.8 Å². The molecule has 0 aliphatic rings. The van der Waals surface area contributed by atoms with Crippen molar-refractivity contribution in [2.45, 2.75) is 32.2 Å². The second-order valence-electron chi connectivity index (χ2n) is 3.88. The van der Waals surface area contributed by atoms with Gasteiger partial charge in [0, 0.05) is 5.69 Å². The number of imidazole rings is 1. The minimum Gasteiger partial charge on any atom is -0.306 e. The summed E-state index contributed by atoms with van der Waals surface area (Å²) in [4.78, 5) is 8.48. The monoisotopic (exact) mass is 259 g/mol. The fourth-order valence-corrected chi connectivity index (χ4v) is 1.90. The van der Waals surface area contributed by atoms with Gasteiger partial charge in [0.2, 0.25) is 0 Å². The molecule has 92 valence electrons. The predicted octanol–water partition coefficient (Wildman–Crippen LogP) is 3.30. The number of hydrogen-bond acceptors (Lipinski definition) is 2. The Labute approximate surface area is 102 Å². The fourth-order valence-electron chi connectivity index (χ4n) is 1.74. The van der Waals surface area contributed by atoms with Crippen LogP contribution in [0.25, 0.3) is 11.2 Å². The first kappa shape index (κ1) is 12.2. The van der Waals surface area contributed by atoms with Crippen molar-refractivity contribution in [3.63, 3.8) is 0 Å². The van der Waals surface area contributed by atoms with Gasteiger partial charge in [-0.3, -0.25) is 0 Å². The molecular formula is C11H12ClF2N3. The number of aromatic nitrogens is 3. The first-order valence-corrected chi connectivity index (χ1v) is 5.68. The molecule has 17 heavy (non-hydrogen) atoms. The summed E-state index contributed by atoms with van der Waals surface area (Å²) in [6.45, 7) is 3.08. The fraction of sp³-hybridized carbons (Fsp3) is 0.455. The Morgan fingerprint density at radius 2 is 2.06 bits per heavy atom. The topological polar surface area (TPSA) is 30.7 Å². The van der Waals surface area contributed by atoms with E-state index in [9.17, 15) is 8.78 Å². The van der Waals surface area contributed by atoms with Crippen LogP contribution in [0.15, 0.2) is 12.1 Å². The van der Waals surface area contributed by atoms with E-state index in [4.69, 9.17) is 11.6 Å². The van der Waals surface area contributed by atoms with Gasteiger partial charge in [0.05, 0.1) is 11.9 Å². The molecule has 0 bridgehead atoms. The van der Waals surface area contributed by atoms with Gasteiger partial charge >= 0.3 is 0 Å². The van der Waals surface area contributed by atoms with E-state index < -0.39 is 18.3 Å². The van der Waals surface area contributed by atoms with Gasteiger partial charge in [-0.15, -0.1) is 11.6 Å². The number of halogens is 3. The smallest absolute Gasteiger partial charge is 0.256 e. The zero-order valence-corrected chi connectivity index (χ0v) is 10.2. The summed E-state index contributed by atoms with van der Waals surface area (Å²) in [6, 6.07) is 3.56. The van der Waals surface area contributed by atoms with Crippen molar-refractivity contribution >= 4 is 22.8 Å². The first-order chi connectivity index (χ1) is 7.99. The van der Waals surface area contributed by atoms with Crippen LogP contribution >= 0.6 is 11.6 Å². The lowest BCUT2D eigenvalue weighted by Crippen LogP contribution is -2.11. The SMILES string of the molecule is Cc1ccc2nc(C(C)Cl)n(CC(F)F)c2n1. The molecule has 3 nitrogen and oxygen atoms in total. The minimum atomic E-state index is -2.45. The lowest BCUT2D eigenvalue weighted by atomic mass is 10.3.